The lowest BCUT2D eigenvalue weighted by atomic mass is 10.1. The molecule has 102 valence electrons. The Balaban J connectivity index is 3.33. The van der Waals surface area contributed by atoms with Gasteiger partial charge >= 0.3 is 5.97 Å². The van der Waals surface area contributed by atoms with Crippen molar-refractivity contribution in [1.29, 1.82) is 0 Å². The van der Waals surface area contributed by atoms with Gasteiger partial charge in [0.25, 0.3) is 0 Å². The molecule has 0 aliphatic rings. The number of methoxy groups -OCH3 is 1. The molecule has 19 heavy (non-hydrogen) atoms. The van der Waals surface area contributed by atoms with Crippen LogP contribution in [0.4, 0.5) is 5.69 Å². The number of anilines is 1. The Morgan fingerprint density at radius 3 is 2.58 bits per heavy atom. The highest BCUT2D eigenvalue weighted by atomic mass is 35.5. The number of benzene rings is 1. The first kappa shape index (κ1) is 15.0. The standard InChI is InChI=1S/C12H13ClN2O4/c1-7(16)15-11-9(6-14-19-3)4-8(5-10(11)13)12(17)18-2/h4-6H,1-3H3,(H,15,16)/b14-6+. The highest BCUT2D eigenvalue weighted by Crippen LogP contribution is 2.27. The van der Waals surface area contributed by atoms with E-state index in [0.717, 1.165) is 0 Å². The number of hydrogen-bond donors (Lipinski definition) is 1. The molecular weight excluding hydrogens is 272 g/mol. The summed E-state index contributed by atoms with van der Waals surface area (Å²) in [6.45, 7) is 1.35. The molecule has 6 nitrogen and oxygen atoms in total. The lowest BCUT2D eigenvalue weighted by Crippen LogP contribution is -2.10. The molecule has 0 aliphatic carbocycles. The molecule has 0 bridgehead atoms. The van der Waals surface area contributed by atoms with Gasteiger partial charge in [0.1, 0.15) is 7.11 Å². The minimum atomic E-state index is -0.539. The number of rotatable bonds is 4. The summed E-state index contributed by atoms with van der Waals surface area (Å²) in [5.41, 5.74) is 1.03. The van der Waals surface area contributed by atoms with E-state index in [2.05, 4.69) is 20.0 Å². The maximum absolute atomic E-state index is 11.5. The van der Waals surface area contributed by atoms with Gasteiger partial charge in [-0.25, -0.2) is 4.79 Å². The molecule has 1 N–H and O–H groups in total. The van der Waals surface area contributed by atoms with Crippen LogP contribution in [0, 0.1) is 0 Å². The monoisotopic (exact) mass is 284 g/mol. The molecule has 0 radical (unpaired) electrons. The van der Waals surface area contributed by atoms with Crippen molar-refractivity contribution >= 4 is 35.4 Å². The first-order valence-corrected chi connectivity index (χ1v) is 5.63. The van der Waals surface area contributed by atoms with Gasteiger partial charge in [0, 0.05) is 12.5 Å². The van der Waals surface area contributed by atoms with Crippen molar-refractivity contribution in [1.82, 2.24) is 0 Å². The molecule has 7 heteroatoms. The highest BCUT2D eigenvalue weighted by molar-refractivity contribution is 6.35. The number of hydrogen-bond acceptors (Lipinski definition) is 5. The largest absolute Gasteiger partial charge is 0.465 e. The van der Waals surface area contributed by atoms with Crippen LogP contribution < -0.4 is 5.32 Å². The smallest absolute Gasteiger partial charge is 0.337 e. The minimum Gasteiger partial charge on any atom is -0.465 e. The Kier molecular flexibility index (Phi) is 5.32. The third-order valence-electron chi connectivity index (χ3n) is 2.14. The topological polar surface area (TPSA) is 77.0 Å². The van der Waals surface area contributed by atoms with Gasteiger partial charge in [-0.2, -0.15) is 0 Å². The van der Waals surface area contributed by atoms with Crippen LogP contribution >= 0.6 is 11.6 Å². The summed E-state index contributed by atoms with van der Waals surface area (Å²) in [5.74, 6) is -0.830. The summed E-state index contributed by atoms with van der Waals surface area (Å²) < 4.78 is 4.61. The fraction of sp³-hybridized carbons (Fsp3) is 0.250. The van der Waals surface area contributed by atoms with E-state index in [9.17, 15) is 9.59 Å². The summed E-state index contributed by atoms with van der Waals surface area (Å²) in [6, 6.07) is 2.90. The van der Waals surface area contributed by atoms with Gasteiger partial charge in [0.15, 0.2) is 0 Å². The fourth-order valence-corrected chi connectivity index (χ4v) is 1.66. The molecule has 0 heterocycles. The average molecular weight is 285 g/mol. The van der Waals surface area contributed by atoms with Crippen LogP contribution in [0.1, 0.15) is 22.8 Å². The van der Waals surface area contributed by atoms with Crippen LogP contribution in [-0.4, -0.2) is 32.3 Å². The van der Waals surface area contributed by atoms with Gasteiger partial charge in [-0.1, -0.05) is 16.8 Å². The van der Waals surface area contributed by atoms with E-state index in [0.29, 0.717) is 11.3 Å². The van der Waals surface area contributed by atoms with Crippen LogP contribution in [-0.2, 0) is 14.4 Å². The third-order valence-corrected chi connectivity index (χ3v) is 2.44. The molecule has 1 amide bonds. The Hall–Kier alpha value is -2.08. The Labute approximate surface area is 115 Å². The molecule has 0 unspecified atom stereocenters. The van der Waals surface area contributed by atoms with E-state index in [-0.39, 0.29) is 16.5 Å². The van der Waals surface area contributed by atoms with E-state index in [4.69, 9.17) is 11.6 Å². The Morgan fingerprint density at radius 2 is 2.05 bits per heavy atom. The number of ether oxygens (including phenoxy) is 1. The second kappa shape index (κ2) is 6.75. The average Bonchev–Trinajstić information content (AvgIpc) is 2.37. The fourth-order valence-electron chi connectivity index (χ4n) is 1.38. The molecule has 0 saturated carbocycles. The van der Waals surface area contributed by atoms with E-state index >= 15 is 0 Å². The molecule has 0 fully saturated rings. The maximum atomic E-state index is 11.5. The number of esters is 1. The number of carbonyl (C=O) groups is 2. The number of amides is 1. The molecule has 0 spiro atoms. The first-order chi connectivity index (χ1) is 8.99. The van der Waals surface area contributed by atoms with Crippen molar-refractivity contribution in [3.8, 4) is 0 Å². The SMILES string of the molecule is CO/N=C/c1cc(C(=O)OC)cc(Cl)c1NC(C)=O. The number of nitrogens with one attached hydrogen (secondary N) is 1. The predicted molar refractivity (Wildman–Crippen MR) is 71.7 cm³/mol. The van der Waals surface area contributed by atoms with Crippen LogP contribution in [0.25, 0.3) is 0 Å². The van der Waals surface area contributed by atoms with Crippen molar-refractivity contribution in [2.75, 3.05) is 19.5 Å². The molecule has 1 aromatic carbocycles. The van der Waals surface area contributed by atoms with Crippen LogP contribution in [0.5, 0.6) is 0 Å². The molecule has 0 saturated heterocycles. The predicted octanol–water partition coefficient (Wildman–Crippen LogP) is 2.07. The van der Waals surface area contributed by atoms with Crippen LogP contribution in [0.2, 0.25) is 5.02 Å². The summed E-state index contributed by atoms with van der Waals surface area (Å²) in [7, 11) is 2.64. The van der Waals surface area contributed by atoms with Crippen LogP contribution in [0.3, 0.4) is 0 Å². The summed E-state index contributed by atoms with van der Waals surface area (Å²) in [5, 5.41) is 6.36. The lowest BCUT2D eigenvalue weighted by Gasteiger charge is -2.10. The molecule has 0 aromatic heterocycles. The minimum absolute atomic E-state index is 0.204. The number of carbonyl (C=O) groups excluding carboxylic acids is 2. The second-order valence-electron chi connectivity index (χ2n) is 3.51. The molecule has 1 aromatic rings. The maximum Gasteiger partial charge on any atom is 0.337 e. The van der Waals surface area contributed by atoms with E-state index in [1.165, 1.54) is 39.5 Å². The van der Waals surface area contributed by atoms with Crippen molar-refractivity contribution < 1.29 is 19.2 Å². The number of oxime groups is 1. The zero-order valence-electron chi connectivity index (χ0n) is 10.7. The Morgan fingerprint density at radius 1 is 1.37 bits per heavy atom. The van der Waals surface area contributed by atoms with Crippen molar-refractivity contribution in [2.24, 2.45) is 5.16 Å². The molecule has 1 rings (SSSR count). The molecule has 0 aliphatic heterocycles. The van der Waals surface area contributed by atoms with Gasteiger partial charge in [-0.15, -0.1) is 0 Å². The quantitative estimate of drug-likeness (QED) is 0.521. The number of halogens is 1. The lowest BCUT2D eigenvalue weighted by molar-refractivity contribution is -0.114. The van der Waals surface area contributed by atoms with Crippen molar-refractivity contribution in [3.05, 3.63) is 28.3 Å². The molecule has 0 atom stereocenters. The van der Waals surface area contributed by atoms with Gasteiger partial charge < -0.3 is 14.9 Å². The second-order valence-corrected chi connectivity index (χ2v) is 3.92. The van der Waals surface area contributed by atoms with Gasteiger partial charge in [0.05, 0.1) is 29.6 Å². The van der Waals surface area contributed by atoms with Crippen molar-refractivity contribution in [2.45, 2.75) is 6.92 Å². The zero-order valence-corrected chi connectivity index (χ0v) is 11.4. The zero-order chi connectivity index (χ0) is 14.4. The summed E-state index contributed by atoms with van der Waals surface area (Å²) in [6.07, 6.45) is 1.34. The first-order valence-electron chi connectivity index (χ1n) is 5.25. The van der Waals surface area contributed by atoms with Gasteiger partial charge in [0.2, 0.25) is 5.91 Å². The van der Waals surface area contributed by atoms with Crippen molar-refractivity contribution in [3.63, 3.8) is 0 Å². The van der Waals surface area contributed by atoms with E-state index < -0.39 is 5.97 Å². The summed E-state index contributed by atoms with van der Waals surface area (Å²) >= 11 is 6.03. The normalized spacial score (nSPS) is 10.3. The highest BCUT2D eigenvalue weighted by Gasteiger charge is 2.14. The van der Waals surface area contributed by atoms with Gasteiger partial charge in [-0.3, -0.25) is 4.79 Å². The number of nitrogens with zero attached hydrogens (tertiary/aromatic N) is 1. The van der Waals surface area contributed by atoms with E-state index in [1.807, 2.05) is 0 Å². The Bertz CT molecular complexity index is 529. The third kappa shape index (κ3) is 3.96. The van der Waals surface area contributed by atoms with E-state index in [1.54, 1.807) is 0 Å². The summed E-state index contributed by atoms with van der Waals surface area (Å²) in [4.78, 5) is 27.2. The van der Waals surface area contributed by atoms with Gasteiger partial charge in [-0.05, 0) is 12.1 Å². The molecular formula is C12H13ClN2O4. The van der Waals surface area contributed by atoms with Crippen LogP contribution in [0.15, 0.2) is 17.3 Å².